The molecule has 0 unspecified atom stereocenters. The zero-order valence-electron chi connectivity index (χ0n) is 13.2. The SMILES string of the molecule is Cc1ccc(C)c(NC(=O)C(C#N)=Cc2ccc([N+](=O)[O-])cc2)c1. The van der Waals surface area contributed by atoms with Gasteiger partial charge in [0.1, 0.15) is 11.6 Å². The van der Waals surface area contributed by atoms with Crippen molar-refractivity contribution in [3.63, 3.8) is 0 Å². The van der Waals surface area contributed by atoms with Crippen molar-refractivity contribution in [1.82, 2.24) is 0 Å². The quantitative estimate of drug-likeness (QED) is 0.401. The molecule has 2 aromatic rings. The van der Waals surface area contributed by atoms with E-state index in [1.165, 1.54) is 30.3 Å². The molecule has 0 aliphatic carbocycles. The van der Waals surface area contributed by atoms with E-state index in [1.807, 2.05) is 38.1 Å². The number of nitro groups is 1. The van der Waals surface area contributed by atoms with Crippen molar-refractivity contribution in [2.45, 2.75) is 13.8 Å². The summed E-state index contributed by atoms with van der Waals surface area (Å²) in [5.41, 5.74) is 2.93. The molecule has 0 saturated heterocycles. The van der Waals surface area contributed by atoms with Crippen LogP contribution in [0.1, 0.15) is 16.7 Å². The second kappa shape index (κ2) is 7.20. The Kier molecular flexibility index (Phi) is 5.07. The number of anilines is 1. The molecule has 120 valence electrons. The van der Waals surface area contributed by atoms with Gasteiger partial charge in [0.05, 0.1) is 4.92 Å². The van der Waals surface area contributed by atoms with Gasteiger partial charge in [-0.1, -0.05) is 12.1 Å². The van der Waals surface area contributed by atoms with Crippen LogP contribution in [-0.4, -0.2) is 10.8 Å². The summed E-state index contributed by atoms with van der Waals surface area (Å²) in [4.78, 5) is 22.4. The van der Waals surface area contributed by atoms with Crippen molar-refractivity contribution < 1.29 is 9.72 Å². The van der Waals surface area contributed by atoms with Crippen LogP contribution in [0.15, 0.2) is 48.0 Å². The number of nitro benzene ring substituents is 1. The second-order valence-electron chi connectivity index (χ2n) is 5.29. The molecule has 0 heterocycles. The number of benzene rings is 2. The van der Waals surface area contributed by atoms with Crippen molar-refractivity contribution in [2.24, 2.45) is 0 Å². The van der Waals surface area contributed by atoms with E-state index in [9.17, 15) is 20.2 Å². The number of aryl methyl sites for hydroxylation is 2. The molecule has 1 N–H and O–H groups in total. The molecule has 2 rings (SSSR count). The lowest BCUT2D eigenvalue weighted by atomic mass is 10.1. The smallest absolute Gasteiger partial charge is 0.269 e. The standard InChI is InChI=1S/C18H15N3O3/c1-12-3-4-13(2)17(9-12)20-18(22)15(11-19)10-14-5-7-16(8-6-14)21(23)24/h3-10H,1-2H3,(H,20,22). The number of amides is 1. The van der Waals surface area contributed by atoms with Gasteiger partial charge in [0.25, 0.3) is 11.6 Å². The maximum atomic E-state index is 12.3. The Morgan fingerprint density at radius 1 is 1.21 bits per heavy atom. The van der Waals surface area contributed by atoms with E-state index in [1.54, 1.807) is 0 Å². The summed E-state index contributed by atoms with van der Waals surface area (Å²) in [5, 5.41) is 22.6. The third-order valence-electron chi connectivity index (χ3n) is 3.42. The Bertz CT molecular complexity index is 862. The number of non-ortho nitro benzene ring substituents is 1. The predicted octanol–water partition coefficient (Wildman–Crippen LogP) is 3.76. The first-order valence-electron chi connectivity index (χ1n) is 7.15. The van der Waals surface area contributed by atoms with Crippen molar-refractivity contribution in [2.75, 3.05) is 5.32 Å². The van der Waals surface area contributed by atoms with Gasteiger partial charge in [0.15, 0.2) is 0 Å². The van der Waals surface area contributed by atoms with E-state index < -0.39 is 10.8 Å². The van der Waals surface area contributed by atoms with Gasteiger partial charge in [-0.25, -0.2) is 0 Å². The molecular weight excluding hydrogens is 306 g/mol. The average Bonchev–Trinajstić information content (AvgIpc) is 2.56. The summed E-state index contributed by atoms with van der Waals surface area (Å²) >= 11 is 0. The minimum absolute atomic E-state index is 0.0505. The van der Waals surface area contributed by atoms with E-state index in [0.717, 1.165) is 11.1 Å². The summed E-state index contributed by atoms with van der Waals surface area (Å²) in [6.45, 7) is 3.77. The van der Waals surface area contributed by atoms with Crippen LogP contribution in [0.2, 0.25) is 0 Å². The summed E-state index contributed by atoms with van der Waals surface area (Å²) in [6, 6.07) is 13.1. The summed E-state index contributed by atoms with van der Waals surface area (Å²) in [6.07, 6.45) is 1.39. The highest BCUT2D eigenvalue weighted by Gasteiger charge is 2.11. The minimum atomic E-state index is -0.524. The molecule has 0 radical (unpaired) electrons. The Balaban J connectivity index is 2.24. The summed E-state index contributed by atoms with van der Waals surface area (Å²) in [5.74, 6) is -0.524. The predicted molar refractivity (Wildman–Crippen MR) is 91.2 cm³/mol. The Labute approximate surface area is 139 Å². The van der Waals surface area contributed by atoms with E-state index >= 15 is 0 Å². The normalized spacial score (nSPS) is 10.8. The molecule has 2 aromatic carbocycles. The molecule has 0 aliphatic heterocycles. The highest BCUT2D eigenvalue weighted by atomic mass is 16.6. The molecule has 0 fully saturated rings. The van der Waals surface area contributed by atoms with Gasteiger partial charge < -0.3 is 5.32 Å². The van der Waals surface area contributed by atoms with Crippen LogP contribution in [0.25, 0.3) is 6.08 Å². The first kappa shape index (κ1) is 16.9. The zero-order chi connectivity index (χ0) is 17.7. The van der Waals surface area contributed by atoms with Crippen LogP contribution in [0, 0.1) is 35.3 Å². The monoisotopic (exact) mass is 321 g/mol. The molecule has 0 bridgehead atoms. The van der Waals surface area contributed by atoms with Crippen molar-refractivity contribution >= 4 is 23.4 Å². The molecule has 0 saturated carbocycles. The number of hydrogen-bond acceptors (Lipinski definition) is 4. The molecule has 24 heavy (non-hydrogen) atoms. The van der Waals surface area contributed by atoms with Gasteiger partial charge in [-0.3, -0.25) is 14.9 Å². The topological polar surface area (TPSA) is 96.0 Å². The number of nitrogens with zero attached hydrogens (tertiary/aromatic N) is 2. The first-order chi connectivity index (χ1) is 11.4. The Morgan fingerprint density at radius 3 is 2.46 bits per heavy atom. The lowest BCUT2D eigenvalue weighted by Crippen LogP contribution is -2.14. The molecule has 1 amide bonds. The molecular formula is C18H15N3O3. The Morgan fingerprint density at radius 2 is 1.88 bits per heavy atom. The van der Waals surface area contributed by atoms with Gasteiger partial charge in [0.2, 0.25) is 0 Å². The van der Waals surface area contributed by atoms with Crippen molar-refractivity contribution in [3.05, 3.63) is 74.8 Å². The molecule has 0 aromatic heterocycles. The van der Waals surface area contributed by atoms with Gasteiger partial charge in [-0.05, 0) is 54.8 Å². The number of hydrogen-bond donors (Lipinski definition) is 1. The van der Waals surface area contributed by atoms with Gasteiger partial charge in [-0.15, -0.1) is 0 Å². The van der Waals surface area contributed by atoms with Gasteiger partial charge in [-0.2, -0.15) is 5.26 Å². The van der Waals surface area contributed by atoms with Crippen LogP contribution in [0.5, 0.6) is 0 Å². The third-order valence-corrected chi connectivity index (χ3v) is 3.42. The van der Waals surface area contributed by atoms with E-state index in [-0.39, 0.29) is 11.3 Å². The van der Waals surface area contributed by atoms with E-state index in [4.69, 9.17) is 0 Å². The van der Waals surface area contributed by atoms with E-state index in [0.29, 0.717) is 11.3 Å². The average molecular weight is 321 g/mol. The number of nitriles is 1. The number of rotatable bonds is 4. The molecule has 0 spiro atoms. The maximum absolute atomic E-state index is 12.3. The number of nitrogens with one attached hydrogen (secondary N) is 1. The maximum Gasteiger partial charge on any atom is 0.269 e. The highest BCUT2D eigenvalue weighted by Crippen LogP contribution is 2.18. The van der Waals surface area contributed by atoms with Crippen LogP contribution in [0.3, 0.4) is 0 Å². The van der Waals surface area contributed by atoms with Crippen molar-refractivity contribution in [1.29, 1.82) is 5.26 Å². The number of carbonyl (C=O) groups is 1. The summed E-state index contributed by atoms with van der Waals surface area (Å²) < 4.78 is 0. The van der Waals surface area contributed by atoms with Crippen LogP contribution in [-0.2, 0) is 4.79 Å². The van der Waals surface area contributed by atoms with Crippen molar-refractivity contribution in [3.8, 4) is 6.07 Å². The molecule has 6 nitrogen and oxygen atoms in total. The highest BCUT2D eigenvalue weighted by molar-refractivity contribution is 6.10. The first-order valence-corrected chi connectivity index (χ1v) is 7.15. The van der Waals surface area contributed by atoms with E-state index in [2.05, 4.69) is 5.32 Å². The lowest BCUT2D eigenvalue weighted by molar-refractivity contribution is -0.384. The lowest BCUT2D eigenvalue weighted by Gasteiger charge is -2.08. The van der Waals surface area contributed by atoms with Gasteiger partial charge in [0, 0.05) is 17.8 Å². The fourth-order valence-electron chi connectivity index (χ4n) is 2.07. The summed E-state index contributed by atoms with van der Waals surface area (Å²) in [7, 11) is 0. The second-order valence-corrected chi connectivity index (χ2v) is 5.29. The number of carbonyl (C=O) groups excluding carboxylic acids is 1. The fourth-order valence-corrected chi connectivity index (χ4v) is 2.07. The minimum Gasteiger partial charge on any atom is -0.321 e. The third kappa shape index (κ3) is 4.05. The largest absolute Gasteiger partial charge is 0.321 e. The van der Waals surface area contributed by atoms with Crippen LogP contribution < -0.4 is 5.32 Å². The zero-order valence-corrected chi connectivity index (χ0v) is 13.2. The Hall–Kier alpha value is -3.46. The van der Waals surface area contributed by atoms with Crippen LogP contribution >= 0.6 is 0 Å². The molecule has 0 atom stereocenters. The molecule has 0 aliphatic rings. The van der Waals surface area contributed by atoms with Crippen LogP contribution in [0.4, 0.5) is 11.4 Å². The fraction of sp³-hybridized carbons (Fsp3) is 0.111. The molecule has 6 heteroatoms. The van der Waals surface area contributed by atoms with Gasteiger partial charge >= 0.3 is 0 Å².